The van der Waals surface area contributed by atoms with Crippen LogP contribution >= 0.6 is 11.3 Å². The van der Waals surface area contributed by atoms with Crippen molar-refractivity contribution < 1.29 is 13.2 Å². The first-order chi connectivity index (χ1) is 7.89. The van der Waals surface area contributed by atoms with Crippen molar-refractivity contribution in [2.24, 2.45) is 0 Å². The molecule has 4 nitrogen and oxygen atoms in total. The molecule has 17 heavy (non-hydrogen) atoms. The molecule has 1 N–H and O–H groups in total. The van der Waals surface area contributed by atoms with Gasteiger partial charge >= 0.3 is 6.18 Å². The van der Waals surface area contributed by atoms with Crippen molar-refractivity contribution in [1.29, 1.82) is 0 Å². The van der Waals surface area contributed by atoms with E-state index in [0.717, 1.165) is 19.4 Å². The predicted octanol–water partition coefficient (Wildman–Crippen LogP) is 2.31. The SMILES string of the molecule is CN(C)CCCCNc1nnc(C(F)(F)F)s1. The second-order valence-electron chi connectivity index (χ2n) is 3.85. The summed E-state index contributed by atoms with van der Waals surface area (Å²) in [4.78, 5) is 2.06. The van der Waals surface area contributed by atoms with Gasteiger partial charge in [0.25, 0.3) is 0 Å². The van der Waals surface area contributed by atoms with Crippen LogP contribution in [0.15, 0.2) is 0 Å². The molecule has 0 saturated carbocycles. The van der Waals surface area contributed by atoms with Crippen molar-refractivity contribution in [3.63, 3.8) is 0 Å². The van der Waals surface area contributed by atoms with E-state index in [4.69, 9.17) is 0 Å². The van der Waals surface area contributed by atoms with Gasteiger partial charge in [-0.05, 0) is 33.5 Å². The lowest BCUT2D eigenvalue weighted by Gasteiger charge is -2.08. The predicted molar refractivity (Wildman–Crippen MR) is 61.2 cm³/mol. The molecule has 0 fully saturated rings. The molecule has 0 atom stereocenters. The lowest BCUT2D eigenvalue weighted by molar-refractivity contribution is -0.138. The Morgan fingerprint density at radius 1 is 1.24 bits per heavy atom. The topological polar surface area (TPSA) is 41.0 Å². The first-order valence-electron chi connectivity index (χ1n) is 5.19. The number of aromatic nitrogens is 2. The Hall–Kier alpha value is -0.890. The van der Waals surface area contributed by atoms with E-state index in [1.54, 1.807) is 0 Å². The number of rotatable bonds is 6. The first kappa shape index (κ1) is 14.2. The third kappa shape index (κ3) is 5.31. The lowest BCUT2D eigenvalue weighted by Crippen LogP contribution is -2.14. The fourth-order valence-electron chi connectivity index (χ4n) is 1.16. The average Bonchev–Trinajstić information content (AvgIpc) is 2.64. The standard InChI is InChI=1S/C9H15F3N4S/c1-16(2)6-4-3-5-13-8-15-14-7(17-8)9(10,11)12/h3-6H2,1-2H3,(H,13,15). The molecular weight excluding hydrogens is 253 g/mol. The molecule has 1 rings (SSSR count). The summed E-state index contributed by atoms with van der Waals surface area (Å²) in [7, 11) is 3.96. The molecule has 1 heterocycles. The van der Waals surface area contributed by atoms with Gasteiger partial charge < -0.3 is 10.2 Å². The largest absolute Gasteiger partial charge is 0.445 e. The maximum Gasteiger partial charge on any atom is 0.445 e. The third-order valence-corrected chi connectivity index (χ3v) is 2.90. The van der Waals surface area contributed by atoms with Crippen LogP contribution in [0.3, 0.4) is 0 Å². The van der Waals surface area contributed by atoms with Crippen molar-refractivity contribution in [3.05, 3.63) is 5.01 Å². The molecule has 0 aliphatic rings. The molecule has 0 spiro atoms. The maximum absolute atomic E-state index is 12.2. The number of anilines is 1. The number of alkyl halides is 3. The van der Waals surface area contributed by atoms with Crippen LogP contribution in [-0.2, 0) is 6.18 Å². The summed E-state index contributed by atoms with van der Waals surface area (Å²) in [6.45, 7) is 1.58. The Balaban J connectivity index is 2.26. The van der Waals surface area contributed by atoms with Crippen LogP contribution in [-0.4, -0.2) is 42.3 Å². The zero-order valence-corrected chi connectivity index (χ0v) is 10.5. The Labute approximate surface area is 102 Å². The fourth-order valence-corrected chi connectivity index (χ4v) is 1.79. The quantitative estimate of drug-likeness (QED) is 0.804. The highest BCUT2D eigenvalue weighted by atomic mass is 32.1. The first-order valence-corrected chi connectivity index (χ1v) is 6.00. The molecule has 1 aromatic rings. The summed E-state index contributed by atoms with van der Waals surface area (Å²) < 4.78 is 36.6. The van der Waals surface area contributed by atoms with E-state index in [1.165, 1.54) is 0 Å². The van der Waals surface area contributed by atoms with Gasteiger partial charge in [0.1, 0.15) is 0 Å². The fraction of sp³-hybridized carbons (Fsp3) is 0.778. The number of halogens is 3. The second-order valence-corrected chi connectivity index (χ2v) is 4.82. The summed E-state index contributed by atoms with van der Waals surface area (Å²) in [5.41, 5.74) is 0. The van der Waals surface area contributed by atoms with Crippen molar-refractivity contribution >= 4 is 16.5 Å². The number of nitrogens with one attached hydrogen (secondary N) is 1. The van der Waals surface area contributed by atoms with Gasteiger partial charge in [-0.3, -0.25) is 0 Å². The van der Waals surface area contributed by atoms with Gasteiger partial charge in [0, 0.05) is 6.54 Å². The molecule has 0 aliphatic heterocycles. The Bertz CT molecular complexity index is 337. The lowest BCUT2D eigenvalue weighted by atomic mass is 10.3. The van der Waals surface area contributed by atoms with Gasteiger partial charge in [0.05, 0.1) is 0 Å². The number of hydrogen-bond acceptors (Lipinski definition) is 5. The molecule has 98 valence electrons. The third-order valence-electron chi connectivity index (χ3n) is 1.98. The van der Waals surface area contributed by atoms with Crippen molar-refractivity contribution in [3.8, 4) is 0 Å². The van der Waals surface area contributed by atoms with Gasteiger partial charge in [-0.25, -0.2) is 0 Å². The normalized spacial score (nSPS) is 12.1. The zero-order valence-electron chi connectivity index (χ0n) is 9.71. The van der Waals surface area contributed by atoms with Crippen molar-refractivity contribution in [2.75, 3.05) is 32.5 Å². The summed E-state index contributed by atoms with van der Waals surface area (Å²) in [6.07, 6.45) is -2.52. The van der Waals surface area contributed by atoms with E-state index in [2.05, 4.69) is 20.4 Å². The van der Waals surface area contributed by atoms with Crippen LogP contribution < -0.4 is 5.32 Å². The number of nitrogens with zero attached hydrogens (tertiary/aromatic N) is 3. The van der Waals surface area contributed by atoms with Crippen molar-refractivity contribution in [2.45, 2.75) is 19.0 Å². The van der Waals surface area contributed by atoms with Gasteiger partial charge in [-0.1, -0.05) is 11.3 Å². The minimum Gasteiger partial charge on any atom is -0.360 e. The Morgan fingerprint density at radius 3 is 2.47 bits per heavy atom. The summed E-state index contributed by atoms with van der Waals surface area (Å²) in [5, 5.41) is 8.68. The van der Waals surface area contributed by atoms with Crippen LogP contribution in [0.1, 0.15) is 17.8 Å². The summed E-state index contributed by atoms with van der Waals surface area (Å²) >= 11 is 0.535. The average molecular weight is 268 g/mol. The summed E-state index contributed by atoms with van der Waals surface area (Å²) in [5.74, 6) is 0. The van der Waals surface area contributed by atoms with Crippen LogP contribution in [0.4, 0.5) is 18.3 Å². The monoisotopic (exact) mass is 268 g/mol. The Kier molecular flexibility index (Phi) is 5.13. The minimum atomic E-state index is -4.40. The van der Waals surface area contributed by atoms with Gasteiger partial charge in [0.15, 0.2) is 0 Å². The Morgan fingerprint density at radius 2 is 1.94 bits per heavy atom. The van der Waals surface area contributed by atoms with Crippen LogP contribution in [0.2, 0.25) is 0 Å². The van der Waals surface area contributed by atoms with E-state index >= 15 is 0 Å². The van der Waals surface area contributed by atoms with Gasteiger partial charge in [-0.15, -0.1) is 10.2 Å². The minimum absolute atomic E-state index is 0.224. The van der Waals surface area contributed by atoms with E-state index in [1.807, 2.05) is 14.1 Å². The van der Waals surface area contributed by atoms with Gasteiger partial charge in [-0.2, -0.15) is 13.2 Å². The van der Waals surface area contributed by atoms with E-state index < -0.39 is 11.2 Å². The molecule has 8 heteroatoms. The number of hydrogen-bond donors (Lipinski definition) is 1. The molecule has 0 radical (unpaired) electrons. The number of unbranched alkanes of at least 4 members (excludes halogenated alkanes) is 1. The highest BCUT2D eigenvalue weighted by Gasteiger charge is 2.35. The molecule has 0 amide bonds. The molecular formula is C9H15F3N4S. The molecule has 0 unspecified atom stereocenters. The van der Waals surface area contributed by atoms with Crippen LogP contribution in [0.5, 0.6) is 0 Å². The van der Waals surface area contributed by atoms with Crippen LogP contribution in [0.25, 0.3) is 0 Å². The van der Waals surface area contributed by atoms with E-state index in [9.17, 15) is 13.2 Å². The second kappa shape index (κ2) is 6.15. The molecule has 0 aliphatic carbocycles. The van der Waals surface area contributed by atoms with Gasteiger partial charge in [0.2, 0.25) is 10.1 Å². The molecule has 0 saturated heterocycles. The van der Waals surface area contributed by atoms with E-state index in [-0.39, 0.29) is 5.13 Å². The van der Waals surface area contributed by atoms with Crippen molar-refractivity contribution in [1.82, 2.24) is 15.1 Å². The maximum atomic E-state index is 12.2. The summed E-state index contributed by atoms with van der Waals surface area (Å²) in [6, 6.07) is 0. The smallest absolute Gasteiger partial charge is 0.360 e. The molecule has 0 bridgehead atoms. The zero-order chi connectivity index (χ0) is 12.9. The van der Waals surface area contributed by atoms with Crippen LogP contribution in [0, 0.1) is 0 Å². The van der Waals surface area contributed by atoms with E-state index in [0.29, 0.717) is 17.9 Å². The highest BCUT2D eigenvalue weighted by molar-refractivity contribution is 7.15. The molecule has 0 aromatic carbocycles. The highest BCUT2D eigenvalue weighted by Crippen LogP contribution is 2.32. The molecule has 1 aromatic heterocycles.